The molecule has 0 aliphatic carbocycles. The predicted octanol–water partition coefficient (Wildman–Crippen LogP) is 1.37. The molecule has 0 unspecified atom stereocenters. The maximum Gasteiger partial charge on any atom is 0.254 e. The number of hydrogen-bond acceptors (Lipinski definition) is 5. The number of carbonyl (C=O) groups excluding carboxylic acids is 1. The monoisotopic (exact) mass is 348 g/mol. The molecule has 3 rings (SSSR count). The van der Waals surface area contributed by atoms with Crippen LogP contribution in [0.2, 0.25) is 0 Å². The van der Waals surface area contributed by atoms with E-state index in [2.05, 4.69) is 0 Å². The number of amides is 1. The maximum absolute atomic E-state index is 12.9. The van der Waals surface area contributed by atoms with Crippen molar-refractivity contribution in [2.24, 2.45) is 0 Å². The van der Waals surface area contributed by atoms with Crippen LogP contribution in [-0.4, -0.2) is 56.0 Å². The molecule has 24 heavy (non-hydrogen) atoms. The van der Waals surface area contributed by atoms with Gasteiger partial charge in [0, 0.05) is 24.8 Å². The highest BCUT2D eigenvalue weighted by molar-refractivity contribution is 7.91. The topological polar surface area (TPSA) is 87.5 Å². The third-order valence-electron chi connectivity index (χ3n) is 4.60. The first kappa shape index (κ1) is 16.9. The van der Waals surface area contributed by atoms with E-state index in [9.17, 15) is 13.2 Å². The Morgan fingerprint density at radius 3 is 2.58 bits per heavy atom. The lowest BCUT2D eigenvalue weighted by molar-refractivity contribution is 0.0441. The summed E-state index contributed by atoms with van der Waals surface area (Å²) in [5, 5.41) is 8.87. The summed E-state index contributed by atoms with van der Waals surface area (Å²) in [7, 11) is -3.08. The van der Waals surface area contributed by atoms with E-state index in [1.807, 2.05) is 6.07 Å². The van der Waals surface area contributed by atoms with E-state index in [0.29, 0.717) is 30.7 Å². The van der Waals surface area contributed by atoms with Gasteiger partial charge in [0.1, 0.15) is 0 Å². The van der Waals surface area contributed by atoms with E-state index >= 15 is 0 Å². The van der Waals surface area contributed by atoms with Gasteiger partial charge < -0.3 is 9.64 Å². The van der Waals surface area contributed by atoms with E-state index in [1.54, 1.807) is 29.2 Å². The Morgan fingerprint density at radius 1 is 1.29 bits per heavy atom. The number of nitriles is 1. The zero-order valence-corrected chi connectivity index (χ0v) is 14.2. The van der Waals surface area contributed by atoms with Crippen molar-refractivity contribution in [3.8, 4) is 6.07 Å². The van der Waals surface area contributed by atoms with Gasteiger partial charge in [0.2, 0.25) is 0 Å². The lowest BCUT2D eigenvalue weighted by atomic mass is 10.1. The second-order valence-corrected chi connectivity index (χ2v) is 8.57. The number of rotatable bonds is 4. The lowest BCUT2D eigenvalue weighted by Gasteiger charge is -2.30. The summed E-state index contributed by atoms with van der Waals surface area (Å²) >= 11 is 0. The molecule has 0 bridgehead atoms. The van der Waals surface area contributed by atoms with Gasteiger partial charge in [0.25, 0.3) is 5.91 Å². The van der Waals surface area contributed by atoms with Crippen LogP contribution in [0.25, 0.3) is 0 Å². The molecule has 2 atom stereocenters. The highest BCUT2D eigenvalue weighted by Crippen LogP contribution is 2.23. The molecule has 1 aromatic rings. The van der Waals surface area contributed by atoms with E-state index in [0.717, 1.165) is 12.8 Å². The molecular formula is C17H20N2O4S. The van der Waals surface area contributed by atoms with Gasteiger partial charge in [-0.2, -0.15) is 5.26 Å². The Labute approximate surface area is 141 Å². The second-order valence-electron chi connectivity index (χ2n) is 6.34. The summed E-state index contributed by atoms with van der Waals surface area (Å²) in [5.74, 6) is -0.0562. The largest absolute Gasteiger partial charge is 0.376 e. The van der Waals surface area contributed by atoms with Crippen LogP contribution in [0.5, 0.6) is 0 Å². The average molecular weight is 348 g/mol. The van der Waals surface area contributed by atoms with Crippen LogP contribution in [0, 0.1) is 11.3 Å². The summed E-state index contributed by atoms with van der Waals surface area (Å²) in [6.45, 7) is 1.10. The molecule has 1 amide bonds. The first-order valence-corrected chi connectivity index (χ1v) is 9.94. The minimum atomic E-state index is -3.08. The summed E-state index contributed by atoms with van der Waals surface area (Å²) in [6.07, 6.45) is 2.29. The van der Waals surface area contributed by atoms with Crippen molar-refractivity contribution in [1.82, 2.24) is 4.90 Å². The Balaban J connectivity index is 1.82. The van der Waals surface area contributed by atoms with E-state index in [1.165, 1.54) is 0 Å². The van der Waals surface area contributed by atoms with E-state index in [4.69, 9.17) is 10.00 Å². The summed E-state index contributed by atoms with van der Waals surface area (Å²) in [4.78, 5) is 14.6. The van der Waals surface area contributed by atoms with Gasteiger partial charge in [-0.25, -0.2) is 8.42 Å². The Bertz CT molecular complexity index is 746. The first-order valence-electron chi connectivity index (χ1n) is 8.12. The van der Waals surface area contributed by atoms with Crippen molar-refractivity contribution < 1.29 is 17.9 Å². The van der Waals surface area contributed by atoms with Crippen LogP contribution in [0.1, 0.15) is 35.2 Å². The minimum Gasteiger partial charge on any atom is -0.376 e. The Morgan fingerprint density at radius 2 is 2.04 bits per heavy atom. The van der Waals surface area contributed by atoms with E-state index in [-0.39, 0.29) is 29.6 Å². The van der Waals surface area contributed by atoms with Crippen LogP contribution in [0.3, 0.4) is 0 Å². The van der Waals surface area contributed by atoms with Crippen molar-refractivity contribution in [3.63, 3.8) is 0 Å². The molecule has 2 saturated heterocycles. The van der Waals surface area contributed by atoms with E-state index < -0.39 is 9.84 Å². The summed E-state index contributed by atoms with van der Waals surface area (Å²) < 4.78 is 29.3. The maximum atomic E-state index is 12.9. The molecule has 128 valence electrons. The molecule has 2 heterocycles. The lowest BCUT2D eigenvalue weighted by Crippen LogP contribution is -2.45. The highest BCUT2D eigenvalue weighted by Gasteiger charge is 2.36. The number of sulfone groups is 1. The average Bonchev–Trinajstić information content (AvgIpc) is 3.21. The minimum absolute atomic E-state index is 0.0156. The molecule has 0 saturated carbocycles. The molecular weight excluding hydrogens is 328 g/mol. The fourth-order valence-electron chi connectivity index (χ4n) is 3.28. The number of carbonyl (C=O) groups is 1. The van der Waals surface area contributed by atoms with Gasteiger partial charge in [0.15, 0.2) is 9.84 Å². The van der Waals surface area contributed by atoms with Crippen LogP contribution in [0.15, 0.2) is 24.3 Å². The van der Waals surface area contributed by atoms with Crippen molar-refractivity contribution in [3.05, 3.63) is 35.4 Å². The third kappa shape index (κ3) is 3.77. The molecule has 0 spiro atoms. The molecule has 0 radical (unpaired) electrons. The second kappa shape index (κ2) is 6.91. The molecule has 0 N–H and O–H groups in total. The Hall–Kier alpha value is -1.91. The van der Waals surface area contributed by atoms with Crippen LogP contribution in [0.4, 0.5) is 0 Å². The molecule has 2 fully saturated rings. The van der Waals surface area contributed by atoms with Crippen LogP contribution in [-0.2, 0) is 14.6 Å². The van der Waals surface area contributed by atoms with Crippen LogP contribution < -0.4 is 0 Å². The van der Waals surface area contributed by atoms with Crippen molar-refractivity contribution in [1.29, 1.82) is 5.26 Å². The first-order chi connectivity index (χ1) is 11.5. The number of nitrogens with zero attached hydrogens (tertiary/aromatic N) is 2. The highest BCUT2D eigenvalue weighted by atomic mass is 32.2. The normalized spacial score (nSPS) is 25.3. The van der Waals surface area contributed by atoms with Gasteiger partial charge in [-0.1, -0.05) is 0 Å². The zero-order chi connectivity index (χ0) is 17.2. The van der Waals surface area contributed by atoms with Crippen molar-refractivity contribution >= 4 is 15.7 Å². The molecule has 7 heteroatoms. The number of ether oxygens (including phenoxy) is 1. The summed E-state index contributed by atoms with van der Waals surface area (Å²) in [6, 6.07) is 8.16. The fraction of sp³-hybridized carbons (Fsp3) is 0.529. The van der Waals surface area contributed by atoms with Gasteiger partial charge in [-0.3, -0.25) is 4.79 Å². The molecule has 6 nitrogen and oxygen atoms in total. The molecule has 0 aromatic heterocycles. The quantitative estimate of drug-likeness (QED) is 0.820. The number of benzene rings is 1. The standard InChI is InChI=1S/C17H20N2O4S/c18-10-13-3-5-14(6-4-13)17(20)19(11-16-2-1-8-23-16)15-7-9-24(21,22)12-15/h3-6,15-16H,1-2,7-9,11-12H2/t15-,16-/m1/s1. The molecule has 2 aliphatic heterocycles. The zero-order valence-electron chi connectivity index (χ0n) is 13.3. The van der Waals surface area contributed by atoms with Crippen molar-refractivity contribution in [2.45, 2.75) is 31.4 Å². The van der Waals surface area contributed by atoms with Gasteiger partial charge in [0.05, 0.1) is 29.2 Å². The van der Waals surface area contributed by atoms with Crippen molar-refractivity contribution in [2.75, 3.05) is 24.7 Å². The summed E-state index contributed by atoms with van der Waals surface area (Å²) in [5.41, 5.74) is 0.956. The molecule has 1 aromatic carbocycles. The van der Waals surface area contributed by atoms with Gasteiger partial charge in [-0.05, 0) is 43.5 Å². The van der Waals surface area contributed by atoms with Crippen LogP contribution >= 0.6 is 0 Å². The third-order valence-corrected chi connectivity index (χ3v) is 6.35. The molecule has 2 aliphatic rings. The fourth-order valence-corrected chi connectivity index (χ4v) is 5.01. The Kier molecular flexibility index (Phi) is 4.88. The van der Waals surface area contributed by atoms with Gasteiger partial charge in [-0.15, -0.1) is 0 Å². The SMILES string of the molecule is N#Cc1ccc(C(=O)N(C[C@H]2CCCO2)[C@@H]2CCS(=O)(=O)C2)cc1. The number of hydrogen-bond donors (Lipinski definition) is 0. The smallest absolute Gasteiger partial charge is 0.254 e. The predicted molar refractivity (Wildman–Crippen MR) is 88.2 cm³/mol. The van der Waals surface area contributed by atoms with Gasteiger partial charge >= 0.3 is 0 Å².